The van der Waals surface area contributed by atoms with Crippen LogP contribution >= 0.6 is 0 Å². The standard InChI is InChI=1S/C20H22FN3O4S/c21-16-5-1-14(2-6-16)9-11-22-19(25)15-3-7-17(8-4-15)23-20(26)24-18-10-12-29(27,28)13-18/h1-8,18H,9-13H2,(H,22,25)(H2,23,24,26)/t18-/m1/s1. The van der Waals surface area contributed by atoms with Crippen LogP contribution in [0.3, 0.4) is 0 Å². The van der Waals surface area contributed by atoms with Crippen LogP contribution in [0.25, 0.3) is 0 Å². The number of sulfone groups is 1. The predicted octanol–water partition coefficient (Wildman–Crippen LogP) is 2.11. The average Bonchev–Trinajstić information content (AvgIpc) is 3.02. The normalized spacial score (nSPS) is 17.5. The van der Waals surface area contributed by atoms with Gasteiger partial charge in [-0.15, -0.1) is 0 Å². The number of urea groups is 1. The van der Waals surface area contributed by atoms with E-state index in [1.165, 1.54) is 12.1 Å². The number of amides is 3. The van der Waals surface area contributed by atoms with Crippen molar-refractivity contribution in [2.24, 2.45) is 0 Å². The van der Waals surface area contributed by atoms with Crippen LogP contribution in [0.2, 0.25) is 0 Å². The highest BCUT2D eigenvalue weighted by atomic mass is 32.2. The summed E-state index contributed by atoms with van der Waals surface area (Å²) in [6.45, 7) is 0.414. The van der Waals surface area contributed by atoms with Gasteiger partial charge in [-0.05, 0) is 54.8 Å². The molecule has 3 rings (SSSR count). The quantitative estimate of drug-likeness (QED) is 0.667. The van der Waals surface area contributed by atoms with Gasteiger partial charge in [0.2, 0.25) is 0 Å². The van der Waals surface area contributed by atoms with Crippen molar-refractivity contribution in [3.8, 4) is 0 Å². The van der Waals surface area contributed by atoms with Crippen molar-refractivity contribution in [1.82, 2.24) is 10.6 Å². The summed E-state index contributed by atoms with van der Waals surface area (Å²) in [5.41, 5.74) is 1.86. The van der Waals surface area contributed by atoms with E-state index in [1.54, 1.807) is 36.4 Å². The zero-order valence-corrected chi connectivity index (χ0v) is 16.5. The number of nitrogens with one attached hydrogen (secondary N) is 3. The van der Waals surface area contributed by atoms with Gasteiger partial charge in [0, 0.05) is 23.8 Å². The second-order valence-corrected chi connectivity index (χ2v) is 9.14. The van der Waals surface area contributed by atoms with Crippen molar-refractivity contribution in [2.75, 3.05) is 23.4 Å². The van der Waals surface area contributed by atoms with Gasteiger partial charge in [-0.1, -0.05) is 12.1 Å². The van der Waals surface area contributed by atoms with Gasteiger partial charge in [0.05, 0.1) is 11.5 Å². The Labute approximate surface area is 168 Å². The van der Waals surface area contributed by atoms with Gasteiger partial charge in [0.15, 0.2) is 9.84 Å². The molecule has 1 saturated heterocycles. The summed E-state index contributed by atoms with van der Waals surface area (Å²) in [4.78, 5) is 24.2. The zero-order valence-electron chi connectivity index (χ0n) is 15.7. The lowest BCUT2D eigenvalue weighted by atomic mass is 10.1. The summed E-state index contributed by atoms with van der Waals surface area (Å²) in [6, 6.07) is 11.6. The maximum atomic E-state index is 12.9. The number of carbonyl (C=O) groups is 2. The Morgan fingerprint density at radius 2 is 1.72 bits per heavy atom. The van der Waals surface area contributed by atoms with Crippen molar-refractivity contribution in [2.45, 2.75) is 18.9 Å². The van der Waals surface area contributed by atoms with Crippen molar-refractivity contribution in [1.29, 1.82) is 0 Å². The van der Waals surface area contributed by atoms with Crippen LogP contribution in [-0.4, -0.2) is 44.4 Å². The van der Waals surface area contributed by atoms with Crippen molar-refractivity contribution in [3.05, 3.63) is 65.5 Å². The largest absolute Gasteiger partial charge is 0.352 e. The second kappa shape index (κ2) is 9.04. The molecule has 1 heterocycles. The summed E-state index contributed by atoms with van der Waals surface area (Å²) in [5, 5.41) is 8.05. The van der Waals surface area contributed by atoms with Crippen LogP contribution in [0.1, 0.15) is 22.3 Å². The number of benzene rings is 2. The number of hydrogen-bond acceptors (Lipinski definition) is 4. The lowest BCUT2D eigenvalue weighted by Gasteiger charge is -2.12. The molecule has 29 heavy (non-hydrogen) atoms. The minimum atomic E-state index is -3.06. The number of hydrogen-bond donors (Lipinski definition) is 3. The molecule has 0 aromatic heterocycles. The molecule has 0 radical (unpaired) electrons. The van der Waals surface area contributed by atoms with Gasteiger partial charge in [0.25, 0.3) is 5.91 Å². The zero-order chi connectivity index (χ0) is 20.9. The molecule has 1 aliphatic rings. The molecule has 9 heteroatoms. The summed E-state index contributed by atoms with van der Waals surface area (Å²) in [5.74, 6) is -0.506. The lowest BCUT2D eigenvalue weighted by molar-refractivity contribution is 0.0954. The summed E-state index contributed by atoms with van der Waals surface area (Å²) in [7, 11) is -3.06. The van der Waals surface area contributed by atoms with E-state index in [-0.39, 0.29) is 29.3 Å². The Morgan fingerprint density at radius 1 is 1.03 bits per heavy atom. The third kappa shape index (κ3) is 6.28. The average molecular weight is 419 g/mol. The minimum absolute atomic E-state index is 0.0442. The first-order valence-corrected chi connectivity index (χ1v) is 11.0. The number of carbonyl (C=O) groups excluding carboxylic acids is 2. The monoisotopic (exact) mass is 419 g/mol. The van der Waals surface area contributed by atoms with E-state index in [1.807, 2.05) is 0 Å². The molecule has 0 saturated carbocycles. The van der Waals surface area contributed by atoms with Gasteiger partial charge in [-0.2, -0.15) is 0 Å². The van der Waals surface area contributed by atoms with Crippen molar-refractivity contribution < 1.29 is 22.4 Å². The SMILES string of the molecule is O=C(Nc1ccc(C(=O)NCCc2ccc(F)cc2)cc1)N[C@@H]1CCS(=O)(=O)C1. The first-order valence-electron chi connectivity index (χ1n) is 9.21. The molecule has 154 valence electrons. The molecular formula is C20H22FN3O4S. The molecule has 0 bridgehead atoms. The summed E-state index contributed by atoms with van der Waals surface area (Å²) >= 11 is 0. The van der Waals surface area contributed by atoms with E-state index >= 15 is 0 Å². The van der Waals surface area contributed by atoms with Gasteiger partial charge in [-0.25, -0.2) is 17.6 Å². The van der Waals surface area contributed by atoms with Gasteiger partial charge in [-0.3, -0.25) is 4.79 Å². The van der Waals surface area contributed by atoms with E-state index in [9.17, 15) is 22.4 Å². The molecule has 0 unspecified atom stereocenters. The van der Waals surface area contributed by atoms with Crippen LogP contribution in [0.5, 0.6) is 0 Å². The highest BCUT2D eigenvalue weighted by molar-refractivity contribution is 7.91. The van der Waals surface area contributed by atoms with E-state index in [0.717, 1.165) is 5.56 Å². The molecule has 1 atom stereocenters. The Bertz CT molecular complexity index is 976. The molecule has 2 aromatic rings. The Balaban J connectivity index is 1.44. The van der Waals surface area contributed by atoms with Crippen LogP contribution in [-0.2, 0) is 16.3 Å². The maximum absolute atomic E-state index is 12.9. The molecule has 3 amide bonds. The van der Waals surface area contributed by atoms with Crippen LogP contribution in [0, 0.1) is 5.82 Å². The van der Waals surface area contributed by atoms with Gasteiger partial charge >= 0.3 is 6.03 Å². The first kappa shape index (κ1) is 20.8. The van der Waals surface area contributed by atoms with E-state index in [0.29, 0.717) is 30.6 Å². The van der Waals surface area contributed by atoms with Crippen molar-refractivity contribution >= 4 is 27.5 Å². The number of rotatable bonds is 6. The molecule has 1 fully saturated rings. The van der Waals surface area contributed by atoms with Gasteiger partial charge in [0.1, 0.15) is 5.82 Å². The lowest BCUT2D eigenvalue weighted by Crippen LogP contribution is -2.38. The highest BCUT2D eigenvalue weighted by Crippen LogP contribution is 2.13. The third-order valence-electron chi connectivity index (χ3n) is 4.59. The van der Waals surface area contributed by atoms with E-state index in [4.69, 9.17) is 0 Å². The molecule has 1 aliphatic heterocycles. The molecule has 7 nitrogen and oxygen atoms in total. The maximum Gasteiger partial charge on any atom is 0.319 e. The Hall–Kier alpha value is -2.94. The fourth-order valence-electron chi connectivity index (χ4n) is 3.04. The summed E-state index contributed by atoms with van der Waals surface area (Å²) < 4.78 is 35.7. The highest BCUT2D eigenvalue weighted by Gasteiger charge is 2.28. The third-order valence-corrected chi connectivity index (χ3v) is 6.35. The predicted molar refractivity (Wildman–Crippen MR) is 108 cm³/mol. The molecule has 3 N–H and O–H groups in total. The van der Waals surface area contributed by atoms with Crippen LogP contribution in [0.4, 0.5) is 14.9 Å². The van der Waals surface area contributed by atoms with Gasteiger partial charge < -0.3 is 16.0 Å². The second-order valence-electron chi connectivity index (χ2n) is 6.91. The first-order chi connectivity index (χ1) is 13.8. The molecule has 0 aliphatic carbocycles. The minimum Gasteiger partial charge on any atom is -0.352 e. The molecular weight excluding hydrogens is 397 g/mol. The Kier molecular flexibility index (Phi) is 6.48. The topological polar surface area (TPSA) is 104 Å². The fraction of sp³-hybridized carbons (Fsp3) is 0.300. The van der Waals surface area contributed by atoms with Crippen LogP contribution in [0.15, 0.2) is 48.5 Å². The van der Waals surface area contributed by atoms with E-state index in [2.05, 4.69) is 16.0 Å². The smallest absolute Gasteiger partial charge is 0.319 e. The Morgan fingerprint density at radius 3 is 2.34 bits per heavy atom. The summed E-state index contributed by atoms with van der Waals surface area (Å²) in [6.07, 6.45) is 0.996. The number of halogens is 1. The van der Waals surface area contributed by atoms with Crippen LogP contribution < -0.4 is 16.0 Å². The number of anilines is 1. The fourth-order valence-corrected chi connectivity index (χ4v) is 4.71. The van der Waals surface area contributed by atoms with E-state index < -0.39 is 15.9 Å². The van der Waals surface area contributed by atoms with Crippen molar-refractivity contribution in [3.63, 3.8) is 0 Å². The molecule has 2 aromatic carbocycles. The molecule has 0 spiro atoms.